The minimum Gasteiger partial charge on any atom is -0.486 e. The number of benzene rings is 2. The van der Waals surface area contributed by atoms with Gasteiger partial charge in [-0.25, -0.2) is 4.79 Å². The molecule has 30 heavy (non-hydrogen) atoms. The van der Waals surface area contributed by atoms with Crippen LogP contribution in [0.5, 0.6) is 11.5 Å². The molecule has 0 amide bonds. The van der Waals surface area contributed by atoms with Crippen molar-refractivity contribution in [2.24, 2.45) is 0 Å². The van der Waals surface area contributed by atoms with Crippen molar-refractivity contribution in [3.05, 3.63) is 56.4 Å². The lowest BCUT2D eigenvalue weighted by Crippen LogP contribution is -2.45. The number of hydrogen-bond acceptors (Lipinski definition) is 4. The van der Waals surface area contributed by atoms with E-state index in [-0.39, 0.29) is 17.8 Å². The first-order valence-corrected chi connectivity index (χ1v) is 11.0. The third-order valence-electron chi connectivity index (χ3n) is 5.96. The van der Waals surface area contributed by atoms with Gasteiger partial charge in [-0.1, -0.05) is 29.3 Å². The summed E-state index contributed by atoms with van der Waals surface area (Å²) in [6.07, 6.45) is 1.78. The number of nitrogens with zero attached hydrogens (tertiary/aromatic N) is 2. The molecule has 0 aliphatic carbocycles. The molecule has 1 atom stereocenters. The summed E-state index contributed by atoms with van der Waals surface area (Å²) in [6.45, 7) is 5.10. The van der Waals surface area contributed by atoms with Crippen LogP contribution in [0.4, 0.5) is 0 Å². The van der Waals surface area contributed by atoms with Gasteiger partial charge in [0.1, 0.15) is 12.7 Å². The number of aromatic nitrogens is 2. The summed E-state index contributed by atoms with van der Waals surface area (Å²) < 4.78 is 13.8. The predicted molar refractivity (Wildman–Crippen MR) is 118 cm³/mol. The minimum atomic E-state index is -0.0647. The summed E-state index contributed by atoms with van der Waals surface area (Å²) in [5.74, 6) is 1.27. The Morgan fingerprint density at radius 1 is 1.10 bits per heavy atom. The maximum atomic E-state index is 12.6. The zero-order valence-electron chi connectivity index (χ0n) is 16.7. The number of hydrogen-bond donors (Lipinski definition) is 1. The van der Waals surface area contributed by atoms with Gasteiger partial charge in [0.2, 0.25) is 0 Å². The average molecular weight is 448 g/mol. The highest BCUT2D eigenvalue weighted by molar-refractivity contribution is 6.42. The van der Waals surface area contributed by atoms with Crippen molar-refractivity contribution in [2.75, 3.05) is 26.2 Å². The van der Waals surface area contributed by atoms with E-state index in [2.05, 4.69) is 16.0 Å². The molecule has 0 radical (unpaired) electrons. The van der Waals surface area contributed by atoms with Gasteiger partial charge in [-0.3, -0.25) is 9.47 Å². The molecule has 8 heteroatoms. The number of nitrogens with one attached hydrogen (secondary N) is 1. The lowest BCUT2D eigenvalue weighted by molar-refractivity contribution is 0.0485. The molecule has 1 fully saturated rings. The molecular formula is C22H23Cl2N3O3. The first-order chi connectivity index (χ1) is 14.5. The number of H-pyrrole nitrogens is 1. The molecule has 2 aromatic carbocycles. The highest BCUT2D eigenvalue weighted by Gasteiger charge is 2.28. The van der Waals surface area contributed by atoms with Crippen molar-refractivity contribution >= 4 is 34.2 Å². The summed E-state index contributed by atoms with van der Waals surface area (Å²) >= 11 is 12.2. The SMILES string of the molecule is Cc1ccc2c(c1)[nH]c(=O)n2C1CCN(CC2COc3cc(Cl)c(Cl)cc3O2)CC1. The van der Waals surface area contributed by atoms with E-state index in [1.807, 2.05) is 23.6 Å². The molecule has 0 spiro atoms. The Morgan fingerprint density at radius 2 is 1.83 bits per heavy atom. The number of ether oxygens (including phenoxy) is 2. The Labute approximate surface area is 184 Å². The zero-order valence-corrected chi connectivity index (χ0v) is 18.2. The first-order valence-electron chi connectivity index (χ1n) is 10.2. The van der Waals surface area contributed by atoms with Crippen LogP contribution in [0.2, 0.25) is 10.0 Å². The number of halogens is 2. The number of aryl methyl sites for hydroxylation is 1. The van der Waals surface area contributed by atoms with Crippen LogP contribution in [0.15, 0.2) is 35.1 Å². The summed E-state index contributed by atoms with van der Waals surface area (Å²) in [5.41, 5.74) is 3.02. The summed E-state index contributed by atoms with van der Waals surface area (Å²) in [5, 5.41) is 0.919. The Bertz CT molecular complexity index is 1150. The van der Waals surface area contributed by atoms with Crippen LogP contribution < -0.4 is 15.2 Å². The second-order valence-corrected chi connectivity index (χ2v) is 8.93. The van der Waals surface area contributed by atoms with Crippen LogP contribution in [0.25, 0.3) is 11.0 Å². The van der Waals surface area contributed by atoms with E-state index >= 15 is 0 Å². The largest absolute Gasteiger partial charge is 0.486 e. The molecule has 158 valence electrons. The fourth-order valence-corrected chi connectivity index (χ4v) is 4.76. The molecule has 2 aliphatic heterocycles. The summed E-state index contributed by atoms with van der Waals surface area (Å²) in [4.78, 5) is 17.9. The van der Waals surface area contributed by atoms with Gasteiger partial charge in [0, 0.05) is 37.8 Å². The van der Waals surface area contributed by atoms with E-state index in [4.69, 9.17) is 32.7 Å². The third kappa shape index (κ3) is 3.68. The fourth-order valence-electron chi connectivity index (χ4n) is 4.46. The predicted octanol–water partition coefficient (Wildman–Crippen LogP) is 4.42. The minimum absolute atomic E-state index is 0.0230. The molecule has 3 heterocycles. The summed E-state index contributed by atoms with van der Waals surface area (Å²) in [6, 6.07) is 9.73. The zero-order chi connectivity index (χ0) is 20.8. The van der Waals surface area contributed by atoms with Crippen molar-refractivity contribution in [3.63, 3.8) is 0 Å². The number of likely N-dealkylation sites (tertiary alicyclic amines) is 1. The Kier molecular flexibility index (Phi) is 5.17. The number of aromatic amines is 1. The average Bonchev–Trinajstić information content (AvgIpc) is 3.04. The number of fused-ring (bicyclic) bond motifs is 2. The van der Waals surface area contributed by atoms with Gasteiger partial charge < -0.3 is 14.5 Å². The smallest absolute Gasteiger partial charge is 0.326 e. The maximum Gasteiger partial charge on any atom is 0.326 e. The third-order valence-corrected chi connectivity index (χ3v) is 6.68. The molecule has 1 aromatic heterocycles. The van der Waals surface area contributed by atoms with E-state index in [0.29, 0.717) is 28.2 Å². The van der Waals surface area contributed by atoms with Gasteiger partial charge in [-0.2, -0.15) is 0 Å². The van der Waals surface area contributed by atoms with Crippen LogP contribution in [-0.2, 0) is 0 Å². The molecule has 6 nitrogen and oxygen atoms in total. The number of piperidine rings is 1. The van der Waals surface area contributed by atoms with Crippen LogP contribution in [0.1, 0.15) is 24.4 Å². The van der Waals surface area contributed by atoms with Gasteiger partial charge in [-0.15, -0.1) is 0 Å². The van der Waals surface area contributed by atoms with Gasteiger partial charge in [0.05, 0.1) is 21.1 Å². The molecule has 3 aromatic rings. The molecular weight excluding hydrogens is 425 g/mol. The first kappa shape index (κ1) is 19.8. The van der Waals surface area contributed by atoms with Crippen molar-refractivity contribution in [2.45, 2.75) is 31.9 Å². The molecule has 2 aliphatic rings. The maximum absolute atomic E-state index is 12.6. The fraction of sp³-hybridized carbons (Fsp3) is 0.409. The van der Waals surface area contributed by atoms with Gasteiger partial charge >= 0.3 is 5.69 Å². The topological polar surface area (TPSA) is 59.5 Å². The van der Waals surface area contributed by atoms with Crippen LogP contribution in [0.3, 0.4) is 0 Å². The van der Waals surface area contributed by atoms with Gasteiger partial charge in [0.15, 0.2) is 11.5 Å². The van der Waals surface area contributed by atoms with Crippen LogP contribution in [0, 0.1) is 6.92 Å². The Morgan fingerprint density at radius 3 is 2.60 bits per heavy atom. The van der Waals surface area contributed by atoms with Crippen molar-refractivity contribution in [1.82, 2.24) is 14.5 Å². The van der Waals surface area contributed by atoms with Gasteiger partial charge in [-0.05, 0) is 37.5 Å². The van der Waals surface area contributed by atoms with E-state index in [9.17, 15) is 4.79 Å². The van der Waals surface area contributed by atoms with Gasteiger partial charge in [0.25, 0.3) is 0 Å². The number of rotatable bonds is 3. The van der Waals surface area contributed by atoms with E-state index in [1.165, 1.54) is 0 Å². The quantitative estimate of drug-likeness (QED) is 0.645. The molecule has 0 bridgehead atoms. The second-order valence-electron chi connectivity index (χ2n) is 8.12. The highest BCUT2D eigenvalue weighted by atomic mass is 35.5. The molecule has 1 N–H and O–H groups in total. The van der Waals surface area contributed by atoms with E-state index < -0.39 is 0 Å². The molecule has 1 unspecified atom stereocenters. The molecule has 1 saturated heterocycles. The Hall–Kier alpha value is -2.15. The lowest BCUT2D eigenvalue weighted by Gasteiger charge is -2.36. The van der Waals surface area contributed by atoms with E-state index in [1.54, 1.807) is 12.1 Å². The van der Waals surface area contributed by atoms with Crippen LogP contribution in [-0.4, -0.2) is 46.8 Å². The standard InChI is InChI=1S/C22H23Cl2N3O3/c1-13-2-3-19-18(8-13)25-22(28)27(19)14-4-6-26(7-5-14)11-15-12-29-20-9-16(23)17(24)10-21(20)30-15/h2-3,8-10,14-15H,4-7,11-12H2,1H3,(H,25,28). The van der Waals surface area contributed by atoms with Crippen molar-refractivity contribution < 1.29 is 9.47 Å². The monoisotopic (exact) mass is 447 g/mol. The van der Waals surface area contributed by atoms with Crippen molar-refractivity contribution in [3.8, 4) is 11.5 Å². The van der Waals surface area contributed by atoms with E-state index in [0.717, 1.165) is 49.1 Å². The van der Waals surface area contributed by atoms with Crippen molar-refractivity contribution in [1.29, 1.82) is 0 Å². The number of imidazole rings is 1. The van der Waals surface area contributed by atoms with Crippen LogP contribution >= 0.6 is 23.2 Å². The summed E-state index contributed by atoms with van der Waals surface area (Å²) in [7, 11) is 0. The second kappa shape index (κ2) is 7.84. The molecule has 5 rings (SSSR count). The molecule has 0 saturated carbocycles. The lowest BCUT2D eigenvalue weighted by atomic mass is 10.0. The highest BCUT2D eigenvalue weighted by Crippen LogP contribution is 2.39. The normalized spacial score (nSPS) is 20.0. The Balaban J connectivity index is 1.23.